The Morgan fingerprint density at radius 2 is 2.00 bits per heavy atom. The fourth-order valence-corrected chi connectivity index (χ4v) is 6.82. The van der Waals surface area contributed by atoms with E-state index in [0.717, 1.165) is 19.5 Å². The molecule has 2 bridgehead atoms. The number of morpholine rings is 1. The Kier molecular flexibility index (Phi) is 9.85. The standard InChI is InChI=1S/C29H45N3O7/c1-5-7-8-16-38-28(36)23-22-9-10-29(39-22)24(23)26(34)32(21(19-33)20(3)4)25(29)27(35)31(11-6-2)13-12-30-14-17-37-18-15-30/h5-6,20-25,33H,1-2,7-19H2,3-4H3/t21-,22-,23+,24-,25?,29?/m0/s1. The highest BCUT2D eigenvalue weighted by Gasteiger charge is 2.75. The van der Waals surface area contributed by atoms with Crippen LogP contribution < -0.4 is 0 Å². The van der Waals surface area contributed by atoms with E-state index in [1.165, 1.54) is 0 Å². The van der Waals surface area contributed by atoms with Gasteiger partial charge in [0.15, 0.2) is 0 Å². The third-order valence-corrected chi connectivity index (χ3v) is 8.81. The summed E-state index contributed by atoms with van der Waals surface area (Å²) in [6.07, 6.45) is 5.46. The van der Waals surface area contributed by atoms with Gasteiger partial charge in [-0.3, -0.25) is 19.3 Å². The highest BCUT2D eigenvalue weighted by atomic mass is 16.6. The second kappa shape index (κ2) is 12.9. The number of amides is 2. The van der Waals surface area contributed by atoms with E-state index in [0.29, 0.717) is 52.1 Å². The number of nitrogens with zero attached hydrogens (tertiary/aromatic N) is 3. The van der Waals surface area contributed by atoms with E-state index in [1.807, 2.05) is 13.8 Å². The van der Waals surface area contributed by atoms with Crippen molar-refractivity contribution in [3.8, 4) is 0 Å². The molecular formula is C29H45N3O7. The molecule has 2 amide bonds. The third-order valence-electron chi connectivity index (χ3n) is 8.81. The van der Waals surface area contributed by atoms with Crippen molar-refractivity contribution in [1.82, 2.24) is 14.7 Å². The van der Waals surface area contributed by atoms with Crippen LogP contribution in [0.1, 0.15) is 39.5 Å². The molecule has 39 heavy (non-hydrogen) atoms. The first-order valence-electron chi connectivity index (χ1n) is 14.4. The van der Waals surface area contributed by atoms with Crippen molar-refractivity contribution in [3.63, 3.8) is 0 Å². The van der Waals surface area contributed by atoms with E-state index < -0.39 is 41.6 Å². The number of aliphatic hydroxyl groups is 1. The van der Waals surface area contributed by atoms with Gasteiger partial charge in [-0.1, -0.05) is 26.0 Å². The summed E-state index contributed by atoms with van der Waals surface area (Å²) in [5.41, 5.74) is -1.12. The van der Waals surface area contributed by atoms with Gasteiger partial charge in [-0.2, -0.15) is 0 Å². The molecule has 10 nitrogen and oxygen atoms in total. The molecule has 4 rings (SSSR count). The Morgan fingerprint density at radius 1 is 1.26 bits per heavy atom. The highest BCUT2D eigenvalue weighted by Crippen LogP contribution is 2.59. The van der Waals surface area contributed by atoms with E-state index in [1.54, 1.807) is 22.0 Å². The van der Waals surface area contributed by atoms with Crippen molar-refractivity contribution in [2.45, 2.75) is 63.3 Å². The van der Waals surface area contributed by atoms with Crippen molar-refractivity contribution in [2.75, 3.05) is 59.2 Å². The first kappa shape index (κ1) is 29.7. The average Bonchev–Trinajstić information content (AvgIpc) is 3.57. The lowest BCUT2D eigenvalue weighted by atomic mass is 9.70. The van der Waals surface area contributed by atoms with Crippen LogP contribution in [0.2, 0.25) is 0 Å². The predicted molar refractivity (Wildman–Crippen MR) is 145 cm³/mol. The Bertz CT molecular complexity index is 921. The van der Waals surface area contributed by atoms with Crippen LogP contribution in [0.4, 0.5) is 0 Å². The monoisotopic (exact) mass is 547 g/mol. The summed E-state index contributed by atoms with van der Waals surface area (Å²) in [5, 5.41) is 10.4. The molecule has 4 saturated heterocycles. The number of aliphatic hydroxyl groups excluding tert-OH is 1. The Hall–Kier alpha value is -2.27. The average molecular weight is 548 g/mol. The van der Waals surface area contributed by atoms with Gasteiger partial charge >= 0.3 is 5.97 Å². The smallest absolute Gasteiger partial charge is 0.312 e. The molecule has 0 radical (unpaired) electrons. The molecule has 1 N–H and O–H groups in total. The normalized spacial score (nSPS) is 30.9. The molecule has 2 unspecified atom stereocenters. The quantitative estimate of drug-likeness (QED) is 0.197. The van der Waals surface area contributed by atoms with Crippen LogP contribution in [0.15, 0.2) is 25.3 Å². The minimum Gasteiger partial charge on any atom is -0.465 e. The summed E-state index contributed by atoms with van der Waals surface area (Å²) in [7, 11) is 0. The number of carbonyl (C=O) groups excluding carboxylic acids is 3. The van der Waals surface area contributed by atoms with Gasteiger partial charge in [0, 0.05) is 32.7 Å². The van der Waals surface area contributed by atoms with Crippen LogP contribution in [0.25, 0.3) is 0 Å². The number of esters is 1. The number of rotatable bonds is 14. The van der Waals surface area contributed by atoms with E-state index in [2.05, 4.69) is 18.1 Å². The molecule has 4 aliphatic heterocycles. The number of ether oxygens (including phenoxy) is 3. The minimum absolute atomic E-state index is 0.104. The molecular weight excluding hydrogens is 502 g/mol. The Morgan fingerprint density at radius 3 is 2.64 bits per heavy atom. The zero-order chi connectivity index (χ0) is 28.2. The van der Waals surface area contributed by atoms with Crippen molar-refractivity contribution in [1.29, 1.82) is 0 Å². The number of allylic oxidation sites excluding steroid dienone is 1. The number of carbonyl (C=O) groups is 3. The Balaban J connectivity index is 1.63. The lowest BCUT2D eigenvalue weighted by Crippen LogP contribution is -2.60. The number of unbranched alkanes of at least 4 members (excludes halogenated alkanes) is 1. The lowest BCUT2D eigenvalue weighted by Gasteiger charge is -2.40. The summed E-state index contributed by atoms with van der Waals surface area (Å²) in [5.74, 6) is -2.65. The number of hydrogen-bond acceptors (Lipinski definition) is 8. The second-order valence-corrected chi connectivity index (χ2v) is 11.4. The molecule has 0 aromatic rings. The first-order valence-corrected chi connectivity index (χ1v) is 14.4. The summed E-state index contributed by atoms with van der Waals surface area (Å²) >= 11 is 0. The molecule has 0 aromatic carbocycles. The minimum atomic E-state index is -1.12. The van der Waals surface area contributed by atoms with Crippen molar-refractivity contribution in [3.05, 3.63) is 25.3 Å². The summed E-state index contributed by atoms with van der Waals surface area (Å²) in [6, 6.07) is -1.51. The van der Waals surface area contributed by atoms with Crippen LogP contribution in [0.3, 0.4) is 0 Å². The van der Waals surface area contributed by atoms with Gasteiger partial charge in [0.2, 0.25) is 11.8 Å². The van der Waals surface area contributed by atoms with E-state index in [9.17, 15) is 19.5 Å². The maximum Gasteiger partial charge on any atom is 0.312 e. The van der Waals surface area contributed by atoms with Crippen LogP contribution in [-0.2, 0) is 28.6 Å². The lowest BCUT2D eigenvalue weighted by molar-refractivity contribution is -0.157. The van der Waals surface area contributed by atoms with Crippen molar-refractivity contribution >= 4 is 17.8 Å². The summed E-state index contributed by atoms with van der Waals surface area (Å²) < 4.78 is 17.5. The number of hydrogen-bond donors (Lipinski definition) is 1. The maximum atomic E-state index is 14.4. The molecule has 0 saturated carbocycles. The van der Waals surface area contributed by atoms with Crippen LogP contribution >= 0.6 is 0 Å². The van der Waals surface area contributed by atoms with Gasteiger partial charge in [-0.15, -0.1) is 13.2 Å². The van der Waals surface area contributed by atoms with Crippen LogP contribution in [0.5, 0.6) is 0 Å². The number of fused-ring (bicyclic) bond motifs is 1. The third kappa shape index (κ3) is 5.66. The topological polar surface area (TPSA) is 109 Å². The van der Waals surface area contributed by atoms with Gasteiger partial charge < -0.3 is 29.1 Å². The predicted octanol–water partition coefficient (Wildman–Crippen LogP) is 1.23. The van der Waals surface area contributed by atoms with Gasteiger partial charge in [0.25, 0.3) is 0 Å². The number of likely N-dealkylation sites (tertiary alicyclic amines) is 1. The zero-order valence-corrected chi connectivity index (χ0v) is 23.5. The second-order valence-electron chi connectivity index (χ2n) is 11.4. The molecule has 6 atom stereocenters. The fraction of sp³-hybridized carbons (Fsp3) is 0.759. The van der Waals surface area contributed by atoms with Gasteiger partial charge in [0.1, 0.15) is 11.6 Å². The fourth-order valence-electron chi connectivity index (χ4n) is 6.82. The maximum absolute atomic E-state index is 14.4. The SMILES string of the molecule is C=CCCCOC(=O)[C@@H]1[C@@H]2CCC3(O2)C(C(=O)N(CC=C)CCN2CCOCC2)N([C@@H](CO)C(C)C)C(=O)[C@H]13. The zero-order valence-electron chi connectivity index (χ0n) is 23.5. The summed E-state index contributed by atoms with van der Waals surface area (Å²) in [4.78, 5) is 47.4. The van der Waals surface area contributed by atoms with Gasteiger partial charge in [-0.25, -0.2) is 0 Å². The van der Waals surface area contributed by atoms with Gasteiger partial charge in [-0.05, 0) is 31.6 Å². The molecule has 10 heteroatoms. The summed E-state index contributed by atoms with van der Waals surface area (Å²) in [6.45, 7) is 15.8. The van der Waals surface area contributed by atoms with Crippen LogP contribution in [-0.4, -0.2) is 121 Å². The molecule has 4 aliphatic rings. The molecule has 1 spiro atoms. The first-order chi connectivity index (χ1) is 18.8. The molecule has 0 aliphatic carbocycles. The van der Waals surface area contributed by atoms with E-state index >= 15 is 0 Å². The van der Waals surface area contributed by atoms with Crippen molar-refractivity contribution < 1.29 is 33.7 Å². The molecule has 4 heterocycles. The Labute approximate surface area is 231 Å². The van der Waals surface area contributed by atoms with Crippen molar-refractivity contribution in [2.24, 2.45) is 17.8 Å². The van der Waals surface area contributed by atoms with E-state index in [4.69, 9.17) is 14.2 Å². The van der Waals surface area contributed by atoms with Gasteiger partial charge in [0.05, 0.1) is 50.4 Å². The largest absolute Gasteiger partial charge is 0.465 e. The highest BCUT2D eigenvalue weighted by molar-refractivity contribution is 5.98. The van der Waals surface area contributed by atoms with Crippen LogP contribution in [0, 0.1) is 17.8 Å². The molecule has 218 valence electrons. The van der Waals surface area contributed by atoms with E-state index in [-0.39, 0.29) is 30.9 Å². The molecule has 4 fully saturated rings. The molecule has 0 aromatic heterocycles.